The van der Waals surface area contributed by atoms with Crippen LogP contribution in [0, 0.1) is 0 Å². The second-order valence-corrected chi connectivity index (χ2v) is 39.3. The molecule has 0 spiro atoms. The average molecular weight is 1800 g/mol. The molecule has 137 heavy (non-hydrogen) atoms. The molecule has 638 valence electrons. The van der Waals surface area contributed by atoms with Crippen LogP contribution in [0.2, 0.25) is 0 Å². The van der Waals surface area contributed by atoms with Gasteiger partial charge in [0.2, 0.25) is 0 Å². The van der Waals surface area contributed by atoms with E-state index in [1.54, 1.807) is 0 Å². The predicted molar refractivity (Wildman–Crippen MR) is 590 cm³/mol. The fraction of sp³-hybridized carbons (Fsp3) is 0. The molecule has 9 heteroatoms. The maximum absolute atomic E-state index is 2.46. The van der Waals surface area contributed by atoms with Crippen molar-refractivity contribution < 1.29 is 0 Å². The van der Waals surface area contributed by atoms with E-state index in [1.165, 1.54) is 258 Å². The Hall–Kier alpha value is -17.2. The number of fused-ring (bicyclic) bond motifs is 32. The fourth-order valence-electron chi connectivity index (χ4n) is 22.7. The highest BCUT2D eigenvalue weighted by Gasteiger charge is 2.28. The van der Waals surface area contributed by atoms with E-state index in [0.29, 0.717) is 0 Å². The van der Waals surface area contributed by atoms with Gasteiger partial charge in [-0.15, -0.1) is 34.0 Å². The van der Waals surface area contributed by atoms with Crippen molar-refractivity contribution in [1.82, 2.24) is 27.4 Å². The van der Waals surface area contributed by atoms with Gasteiger partial charge in [0.05, 0.1) is 66.2 Å². The van der Waals surface area contributed by atoms with Crippen LogP contribution in [-0.4, -0.2) is 27.4 Å². The first-order valence-corrected chi connectivity index (χ1v) is 49.3. The van der Waals surface area contributed by atoms with E-state index in [2.05, 4.69) is 501 Å². The Morgan fingerprint density at radius 2 is 0.394 bits per heavy atom. The number of nitrogens with zero attached hydrogens (tertiary/aromatic N) is 6. The van der Waals surface area contributed by atoms with Gasteiger partial charge >= 0.3 is 0 Å². The zero-order chi connectivity index (χ0) is 89.6. The number of hydrogen-bond acceptors (Lipinski definition) is 3. The summed E-state index contributed by atoms with van der Waals surface area (Å²) in [6.07, 6.45) is 0. The summed E-state index contributed by atoms with van der Waals surface area (Å²) in [6, 6.07) is 173. The van der Waals surface area contributed by atoms with Crippen LogP contribution in [0.15, 0.2) is 473 Å². The van der Waals surface area contributed by atoms with Crippen molar-refractivity contribution in [2.45, 2.75) is 0 Å². The van der Waals surface area contributed by atoms with E-state index in [4.69, 9.17) is 0 Å². The van der Waals surface area contributed by atoms with Crippen molar-refractivity contribution in [3.8, 4) is 56.4 Å². The summed E-state index contributed by atoms with van der Waals surface area (Å²) < 4.78 is 22.7. The number of hydrogen-bond donors (Lipinski definition) is 0. The lowest BCUT2D eigenvalue weighted by Crippen LogP contribution is -1.96. The van der Waals surface area contributed by atoms with E-state index in [0.717, 1.165) is 11.4 Å². The molecule has 0 unspecified atom stereocenters. The van der Waals surface area contributed by atoms with Crippen LogP contribution in [0.25, 0.3) is 269 Å². The van der Waals surface area contributed by atoms with Crippen molar-refractivity contribution in [2.24, 2.45) is 0 Å². The topological polar surface area (TPSA) is 29.6 Å². The van der Waals surface area contributed by atoms with Gasteiger partial charge < -0.3 is 27.4 Å². The first-order valence-electron chi connectivity index (χ1n) is 46.8. The molecule has 0 amide bonds. The van der Waals surface area contributed by atoms with Crippen LogP contribution in [0.4, 0.5) is 0 Å². The van der Waals surface area contributed by atoms with Crippen LogP contribution in [0.1, 0.15) is 0 Å². The third kappa shape index (κ3) is 12.0. The lowest BCUT2D eigenvalue weighted by atomic mass is 10.0. The van der Waals surface area contributed by atoms with E-state index >= 15 is 0 Å². The maximum atomic E-state index is 2.46. The highest BCUT2D eigenvalue weighted by molar-refractivity contribution is 7.27. The molecular weight excluding hydrogens is 1720 g/mol. The van der Waals surface area contributed by atoms with Crippen molar-refractivity contribution in [1.29, 1.82) is 0 Å². The molecule has 0 aliphatic carbocycles. The molecule has 0 N–H and O–H groups in total. The Balaban J connectivity index is 0.0000000996. The summed E-state index contributed by atoms with van der Waals surface area (Å²) >= 11 is 5.65. The minimum atomic E-state index is 1.16. The summed E-state index contributed by atoms with van der Waals surface area (Å²) in [7, 11) is 0. The molecule has 0 saturated heterocycles. The summed E-state index contributed by atoms with van der Waals surface area (Å²) in [5, 5.41) is 28.6. The van der Waals surface area contributed by atoms with E-state index in [9.17, 15) is 0 Å². The minimum Gasteiger partial charge on any atom is -0.309 e. The molecule has 0 aliphatic rings. The first-order chi connectivity index (χ1) is 68.0. The van der Waals surface area contributed by atoms with Gasteiger partial charge in [-0.05, 0) is 232 Å². The number of rotatable bonds is 8. The zero-order valence-corrected chi connectivity index (χ0v) is 76.4. The Morgan fingerprint density at radius 3 is 0.818 bits per heavy atom. The molecule has 0 fully saturated rings. The molecular formula is C128H78N6S3. The molecule has 0 radical (unpaired) electrons. The third-order valence-corrected chi connectivity index (χ3v) is 32.1. The van der Waals surface area contributed by atoms with Crippen LogP contribution in [0.3, 0.4) is 0 Å². The fourth-order valence-corrected chi connectivity index (χ4v) is 26.0. The molecule has 22 aromatic carbocycles. The maximum Gasteiger partial charge on any atom is 0.0562 e. The molecule has 0 aliphatic heterocycles. The molecule has 31 rings (SSSR count). The normalized spacial score (nSPS) is 12.1. The second-order valence-electron chi connectivity index (χ2n) is 36.1. The summed E-state index contributed by atoms with van der Waals surface area (Å²) in [5.74, 6) is 0. The second kappa shape index (κ2) is 30.7. The number of aromatic nitrogens is 6. The number of benzene rings is 22. The first kappa shape index (κ1) is 77.4. The summed E-state index contributed by atoms with van der Waals surface area (Å²) in [6.45, 7) is 0. The summed E-state index contributed by atoms with van der Waals surface area (Å²) in [5.41, 5.74) is 26.6. The van der Waals surface area contributed by atoms with Gasteiger partial charge in [-0.25, -0.2) is 0 Å². The van der Waals surface area contributed by atoms with Gasteiger partial charge in [-0.3, -0.25) is 0 Å². The van der Waals surface area contributed by atoms with Gasteiger partial charge in [0.15, 0.2) is 0 Å². The monoisotopic (exact) mass is 1790 g/mol. The lowest BCUT2D eigenvalue weighted by Gasteiger charge is -2.11. The molecule has 0 atom stereocenters. The van der Waals surface area contributed by atoms with Crippen LogP contribution < -0.4 is 0 Å². The van der Waals surface area contributed by atoms with Crippen molar-refractivity contribution in [2.75, 3.05) is 0 Å². The van der Waals surface area contributed by atoms with Crippen LogP contribution in [-0.2, 0) is 0 Å². The van der Waals surface area contributed by atoms with E-state index in [1.807, 2.05) is 34.0 Å². The molecule has 9 heterocycles. The standard InChI is InChI=1S/C46H28N2S.C42H26N2S.C40H24N2S/c1-2-12-33(13-3-1)48-40-24-25-44-46(36-15-7-9-17-43(36)49-44)45(40)38-27-37-35-14-6-8-16-39(35)47(41(37)28-42(38)48)34-22-20-30(21-23-34)32-19-18-29-10-4-5-11-31(29)26-32;1-3-12-27(13-4-1)28-14-11-17-30(24-28)44-35-20-9-7-18-31(35)33-25-34-38(26-37(33)44)43(29-15-5-2-6-16-29)36-22-23-40-42(41(34)36)32-19-8-10-21-39(32)45-40;1-2-12-27(13-3-1)41-34-20-21-38-40(30-15-7-9-17-37(30)43-38)39(34)32-23-31-29-14-6-8-16-33(29)42(35(31)24-36(32)41)28-19-18-25-10-4-5-11-26(25)22-28/h1-28H;1-26H;1-24H. The van der Waals surface area contributed by atoms with Gasteiger partial charge in [-0.2, -0.15) is 0 Å². The molecule has 0 bridgehead atoms. The Kier molecular flexibility index (Phi) is 17.3. The average Bonchev–Trinajstić information content (AvgIpc) is 1.55. The molecule has 31 aromatic rings. The molecule has 6 nitrogen and oxygen atoms in total. The van der Waals surface area contributed by atoms with Crippen molar-refractivity contribution in [3.63, 3.8) is 0 Å². The van der Waals surface area contributed by atoms with Crippen LogP contribution in [0.5, 0.6) is 0 Å². The Labute approximate surface area is 797 Å². The smallest absolute Gasteiger partial charge is 0.0562 e. The molecule has 9 aromatic heterocycles. The van der Waals surface area contributed by atoms with Crippen molar-refractivity contribution in [3.05, 3.63) is 473 Å². The quantitative estimate of drug-likeness (QED) is 0.145. The number of thiophene rings is 3. The molecule has 0 saturated carbocycles. The zero-order valence-electron chi connectivity index (χ0n) is 73.9. The van der Waals surface area contributed by atoms with Gasteiger partial charge in [0.1, 0.15) is 0 Å². The minimum absolute atomic E-state index is 1.16. The largest absolute Gasteiger partial charge is 0.309 e. The lowest BCUT2D eigenvalue weighted by molar-refractivity contribution is 1.16. The number of para-hydroxylation sites is 6. The van der Waals surface area contributed by atoms with Gasteiger partial charge in [0, 0.05) is 159 Å². The van der Waals surface area contributed by atoms with E-state index in [-0.39, 0.29) is 0 Å². The highest BCUT2D eigenvalue weighted by atomic mass is 32.1. The Bertz CT molecular complexity index is 10400. The highest BCUT2D eigenvalue weighted by Crippen LogP contribution is 2.52. The van der Waals surface area contributed by atoms with Crippen molar-refractivity contribution >= 4 is 247 Å². The SMILES string of the molecule is c1ccc(-c2cccc(-n3c4ccccc4c4cc5c6c7c(ccc6n(-c6ccccc6)c5cc43)sc3ccccc37)c2)cc1.c1ccc(-n2c3cc4c(cc3c3c5c(ccc32)sc2ccccc25)c2ccccc2n4-c2ccc(-c3ccc4ccccc4c3)cc2)cc1.c1ccc(-n2c3cc4c(cc3c3c5c(ccc32)sc2ccccc25)c2ccccc2n4-c2ccc3ccccc3c2)cc1. The Morgan fingerprint density at radius 1 is 0.117 bits per heavy atom. The van der Waals surface area contributed by atoms with Gasteiger partial charge in [0.25, 0.3) is 0 Å². The van der Waals surface area contributed by atoms with Crippen LogP contribution >= 0.6 is 34.0 Å². The third-order valence-electron chi connectivity index (χ3n) is 28.6. The van der Waals surface area contributed by atoms with E-state index < -0.39 is 0 Å². The predicted octanol–water partition coefficient (Wildman–Crippen LogP) is 36.4. The van der Waals surface area contributed by atoms with Gasteiger partial charge in [-0.1, -0.05) is 285 Å². The summed E-state index contributed by atoms with van der Waals surface area (Å²) in [4.78, 5) is 0.